The van der Waals surface area contributed by atoms with Crippen LogP contribution in [0.2, 0.25) is 0 Å². The third kappa shape index (κ3) is 5.90. The molecule has 0 aromatic carbocycles. The van der Waals surface area contributed by atoms with Gasteiger partial charge >= 0.3 is 0 Å². The molecule has 4 heterocycles. The van der Waals surface area contributed by atoms with Gasteiger partial charge in [0.1, 0.15) is 11.6 Å². The number of sulfonamides is 1. The summed E-state index contributed by atoms with van der Waals surface area (Å²) in [5.74, 6) is 0.848. The summed E-state index contributed by atoms with van der Waals surface area (Å²) in [4.78, 5) is 28.8. The first kappa shape index (κ1) is 27.3. The lowest BCUT2D eigenvalue weighted by Gasteiger charge is -2.39. The van der Waals surface area contributed by atoms with Crippen molar-refractivity contribution in [3.8, 4) is 0 Å². The standard InChI is InChI=1S/C27H40N6O3S/c1-6-21(7-2)31-14-16-32(17-15-31)23-11-8-12-24(29-23)37(35,36)30-26(34)22-10-9-13-28-25(22)33-19-20(3)18-27(33,4)5/h8-13,20-21H,6-7,14-19H2,1-5H3,(H,30,34). The highest BCUT2D eigenvalue weighted by Gasteiger charge is 2.39. The number of nitrogens with zero attached hydrogens (tertiary/aromatic N) is 5. The summed E-state index contributed by atoms with van der Waals surface area (Å²) in [6, 6.07) is 8.77. The number of amides is 1. The Morgan fingerprint density at radius 3 is 2.43 bits per heavy atom. The Morgan fingerprint density at radius 1 is 1.11 bits per heavy atom. The maximum absolute atomic E-state index is 13.2. The van der Waals surface area contributed by atoms with E-state index in [9.17, 15) is 13.2 Å². The Balaban J connectivity index is 1.50. The lowest BCUT2D eigenvalue weighted by atomic mass is 9.97. The Bertz CT molecular complexity index is 1210. The van der Waals surface area contributed by atoms with Gasteiger partial charge < -0.3 is 9.80 Å². The van der Waals surface area contributed by atoms with Crippen LogP contribution < -0.4 is 14.5 Å². The SMILES string of the molecule is CCC(CC)N1CCN(c2cccc(S(=O)(=O)NC(=O)c3cccnc3N3CC(C)CC3(C)C)n2)CC1. The Hall–Kier alpha value is -2.72. The first-order valence-electron chi connectivity index (χ1n) is 13.3. The molecule has 2 aromatic rings. The Morgan fingerprint density at radius 2 is 1.81 bits per heavy atom. The van der Waals surface area contributed by atoms with Crippen molar-refractivity contribution in [1.29, 1.82) is 0 Å². The van der Waals surface area contributed by atoms with Gasteiger partial charge in [-0.25, -0.2) is 14.7 Å². The third-order valence-corrected chi connectivity index (χ3v) is 8.90. The number of hydrogen-bond acceptors (Lipinski definition) is 8. The number of piperazine rings is 1. The minimum Gasteiger partial charge on any atom is -0.354 e. The second kappa shape index (κ2) is 10.9. The minimum absolute atomic E-state index is 0.165. The fourth-order valence-electron chi connectivity index (χ4n) is 5.83. The molecule has 4 rings (SSSR count). The van der Waals surface area contributed by atoms with Crippen LogP contribution >= 0.6 is 0 Å². The Kier molecular flexibility index (Phi) is 8.08. The van der Waals surface area contributed by atoms with Crippen LogP contribution in [0.4, 0.5) is 11.6 Å². The van der Waals surface area contributed by atoms with Crippen LogP contribution in [0.25, 0.3) is 0 Å². The van der Waals surface area contributed by atoms with Crippen molar-refractivity contribution >= 4 is 27.6 Å². The predicted molar refractivity (Wildman–Crippen MR) is 146 cm³/mol. The fourth-order valence-corrected chi connectivity index (χ4v) is 6.76. The molecule has 1 N–H and O–H groups in total. The van der Waals surface area contributed by atoms with Crippen molar-refractivity contribution in [3.05, 3.63) is 42.1 Å². The molecule has 2 aromatic heterocycles. The largest absolute Gasteiger partial charge is 0.354 e. The zero-order valence-electron chi connectivity index (χ0n) is 22.6. The highest BCUT2D eigenvalue weighted by Crippen LogP contribution is 2.37. The van der Waals surface area contributed by atoms with E-state index in [4.69, 9.17) is 0 Å². The smallest absolute Gasteiger partial charge is 0.281 e. The van der Waals surface area contributed by atoms with Crippen LogP contribution in [0.3, 0.4) is 0 Å². The van der Waals surface area contributed by atoms with E-state index < -0.39 is 15.9 Å². The summed E-state index contributed by atoms with van der Waals surface area (Å²) in [6.07, 6.45) is 4.84. The van der Waals surface area contributed by atoms with Crippen LogP contribution in [-0.4, -0.2) is 73.5 Å². The maximum Gasteiger partial charge on any atom is 0.281 e. The van der Waals surface area contributed by atoms with Gasteiger partial charge in [-0.1, -0.05) is 26.8 Å². The molecular formula is C27H40N6O3S. The van der Waals surface area contributed by atoms with Gasteiger partial charge in [0, 0.05) is 50.5 Å². The molecule has 0 spiro atoms. The number of hydrogen-bond donors (Lipinski definition) is 1. The molecule has 2 aliphatic rings. The van der Waals surface area contributed by atoms with E-state index >= 15 is 0 Å². The normalized spacial score (nSPS) is 20.4. The molecular weight excluding hydrogens is 488 g/mol. The Labute approximate surface area is 221 Å². The molecule has 2 fully saturated rings. The molecule has 2 saturated heterocycles. The number of anilines is 2. The first-order valence-corrected chi connectivity index (χ1v) is 14.8. The van der Waals surface area contributed by atoms with Crippen LogP contribution in [0.15, 0.2) is 41.6 Å². The van der Waals surface area contributed by atoms with Crippen molar-refractivity contribution in [1.82, 2.24) is 19.6 Å². The summed E-state index contributed by atoms with van der Waals surface area (Å²) in [5, 5.41) is -0.165. The molecule has 1 amide bonds. The van der Waals surface area contributed by atoms with E-state index in [0.29, 0.717) is 23.6 Å². The lowest BCUT2D eigenvalue weighted by molar-refractivity contribution is 0.0981. The van der Waals surface area contributed by atoms with E-state index in [-0.39, 0.29) is 16.1 Å². The number of aromatic nitrogens is 2. The molecule has 9 nitrogen and oxygen atoms in total. The van der Waals surface area contributed by atoms with Gasteiger partial charge in [0.2, 0.25) is 0 Å². The van der Waals surface area contributed by atoms with Crippen LogP contribution in [0.1, 0.15) is 64.2 Å². The topological polar surface area (TPSA) is 98.7 Å². The number of rotatable bonds is 8. The zero-order chi connectivity index (χ0) is 26.8. The van der Waals surface area contributed by atoms with Gasteiger partial charge in [-0.15, -0.1) is 0 Å². The number of carbonyl (C=O) groups is 1. The molecule has 10 heteroatoms. The van der Waals surface area contributed by atoms with Crippen LogP contribution in [-0.2, 0) is 10.0 Å². The number of pyridine rings is 2. The summed E-state index contributed by atoms with van der Waals surface area (Å²) in [5.41, 5.74) is 0.0532. The molecule has 1 atom stereocenters. The average molecular weight is 529 g/mol. The predicted octanol–water partition coefficient (Wildman–Crippen LogP) is 3.53. The summed E-state index contributed by atoms with van der Waals surface area (Å²) >= 11 is 0. The van der Waals surface area contributed by atoms with Gasteiger partial charge in [-0.2, -0.15) is 8.42 Å². The van der Waals surface area contributed by atoms with Gasteiger partial charge in [-0.05, 0) is 63.3 Å². The highest BCUT2D eigenvalue weighted by atomic mass is 32.2. The summed E-state index contributed by atoms with van der Waals surface area (Å²) in [7, 11) is -4.17. The van der Waals surface area contributed by atoms with Crippen molar-refractivity contribution in [2.45, 2.75) is 70.5 Å². The molecule has 0 radical (unpaired) electrons. The molecule has 1 unspecified atom stereocenters. The molecule has 0 bridgehead atoms. The van der Waals surface area contributed by atoms with E-state index in [1.807, 2.05) is 6.07 Å². The number of nitrogens with one attached hydrogen (secondary N) is 1. The van der Waals surface area contributed by atoms with E-state index in [1.54, 1.807) is 24.4 Å². The van der Waals surface area contributed by atoms with Crippen LogP contribution in [0, 0.1) is 5.92 Å². The van der Waals surface area contributed by atoms with E-state index in [1.165, 1.54) is 6.07 Å². The van der Waals surface area contributed by atoms with Crippen molar-refractivity contribution < 1.29 is 13.2 Å². The average Bonchev–Trinajstić information content (AvgIpc) is 3.16. The quantitative estimate of drug-likeness (QED) is 0.556. The van der Waals surface area contributed by atoms with Gasteiger partial charge in [0.05, 0.1) is 5.56 Å². The van der Waals surface area contributed by atoms with E-state index in [0.717, 1.165) is 52.0 Å². The highest BCUT2D eigenvalue weighted by molar-refractivity contribution is 7.90. The van der Waals surface area contributed by atoms with E-state index in [2.05, 4.69) is 64.0 Å². The second-order valence-electron chi connectivity index (χ2n) is 10.9. The zero-order valence-corrected chi connectivity index (χ0v) is 23.5. The monoisotopic (exact) mass is 528 g/mol. The van der Waals surface area contributed by atoms with Crippen molar-refractivity contribution in [3.63, 3.8) is 0 Å². The van der Waals surface area contributed by atoms with Gasteiger partial charge in [-0.3, -0.25) is 9.69 Å². The summed E-state index contributed by atoms with van der Waals surface area (Å²) in [6.45, 7) is 15.0. The van der Waals surface area contributed by atoms with Crippen molar-refractivity contribution in [2.24, 2.45) is 5.92 Å². The first-order chi connectivity index (χ1) is 17.6. The van der Waals surface area contributed by atoms with Gasteiger partial charge in [0.15, 0.2) is 5.03 Å². The molecule has 202 valence electrons. The molecule has 0 saturated carbocycles. The molecule has 0 aliphatic carbocycles. The molecule has 2 aliphatic heterocycles. The molecule has 37 heavy (non-hydrogen) atoms. The number of carbonyl (C=O) groups excluding carboxylic acids is 1. The fraction of sp³-hybridized carbons (Fsp3) is 0.593. The minimum atomic E-state index is -4.17. The third-order valence-electron chi connectivity index (χ3n) is 7.67. The van der Waals surface area contributed by atoms with Gasteiger partial charge in [0.25, 0.3) is 15.9 Å². The summed E-state index contributed by atoms with van der Waals surface area (Å²) < 4.78 is 28.7. The maximum atomic E-state index is 13.2. The van der Waals surface area contributed by atoms with Crippen LogP contribution in [0.5, 0.6) is 0 Å². The second-order valence-corrected chi connectivity index (χ2v) is 12.5. The van der Waals surface area contributed by atoms with Crippen molar-refractivity contribution in [2.75, 3.05) is 42.5 Å². The lowest BCUT2D eigenvalue weighted by Crippen LogP contribution is -2.50.